The second-order valence-electron chi connectivity index (χ2n) is 4.78. The summed E-state index contributed by atoms with van der Waals surface area (Å²) in [5, 5.41) is 3.27. The van der Waals surface area contributed by atoms with Gasteiger partial charge < -0.3 is 16.0 Å². The molecule has 2 rings (SSSR count). The topological polar surface area (TPSA) is 54.2 Å². The van der Waals surface area contributed by atoms with E-state index < -0.39 is 0 Å². The average molecular weight is 286 g/mol. The molecule has 0 saturated carbocycles. The van der Waals surface area contributed by atoms with E-state index in [4.69, 9.17) is 18.0 Å². The maximum absolute atomic E-state index is 5.71. The molecule has 0 aliphatic heterocycles. The molecule has 0 atom stereocenters. The molecule has 5 heteroatoms. The Morgan fingerprint density at radius 1 is 1.30 bits per heavy atom. The molecule has 1 heterocycles. The molecule has 2 aromatic rings. The van der Waals surface area contributed by atoms with Gasteiger partial charge in [0.2, 0.25) is 0 Å². The van der Waals surface area contributed by atoms with Crippen LogP contribution in [0, 0.1) is 6.92 Å². The van der Waals surface area contributed by atoms with Crippen LogP contribution in [0.15, 0.2) is 36.5 Å². The van der Waals surface area contributed by atoms with Gasteiger partial charge in [-0.2, -0.15) is 0 Å². The van der Waals surface area contributed by atoms with E-state index in [2.05, 4.69) is 34.3 Å². The molecular weight excluding hydrogens is 268 g/mol. The zero-order chi connectivity index (χ0) is 14.7. The van der Waals surface area contributed by atoms with E-state index in [1.807, 2.05) is 32.3 Å². The highest BCUT2D eigenvalue weighted by molar-refractivity contribution is 7.80. The summed E-state index contributed by atoms with van der Waals surface area (Å²) in [5.41, 5.74) is 9.79. The summed E-state index contributed by atoms with van der Waals surface area (Å²) < 4.78 is 0. The number of hydrogen-bond acceptors (Lipinski definition) is 4. The highest BCUT2D eigenvalue weighted by Gasteiger charge is 2.08. The first-order valence-corrected chi connectivity index (χ1v) is 6.69. The van der Waals surface area contributed by atoms with Crippen molar-refractivity contribution < 1.29 is 0 Å². The van der Waals surface area contributed by atoms with E-state index in [-0.39, 0.29) is 0 Å². The summed E-state index contributed by atoms with van der Waals surface area (Å²) in [6.45, 7) is 2.08. The van der Waals surface area contributed by atoms with Gasteiger partial charge in [-0.25, -0.2) is 4.98 Å². The molecule has 0 spiro atoms. The maximum atomic E-state index is 5.71. The van der Waals surface area contributed by atoms with Crippen LogP contribution in [0.5, 0.6) is 0 Å². The molecule has 0 aliphatic carbocycles. The number of aromatic nitrogens is 1. The van der Waals surface area contributed by atoms with Gasteiger partial charge in [0.05, 0.1) is 5.56 Å². The van der Waals surface area contributed by atoms with Crippen LogP contribution in [0.3, 0.4) is 0 Å². The number of aryl methyl sites for hydroxylation is 1. The number of rotatable bonds is 4. The number of pyridine rings is 1. The molecule has 0 aliphatic rings. The van der Waals surface area contributed by atoms with Gasteiger partial charge in [-0.15, -0.1) is 0 Å². The molecular formula is C15H18N4S. The van der Waals surface area contributed by atoms with Crippen molar-refractivity contribution in [3.8, 4) is 0 Å². The third-order valence-corrected chi connectivity index (χ3v) is 3.25. The van der Waals surface area contributed by atoms with Crippen molar-refractivity contribution in [2.75, 3.05) is 24.3 Å². The van der Waals surface area contributed by atoms with Crippen molar-refractivity contribution >= 4 is 34.4 Å². The third kappa shape index (κ3) is 3.05. The first kappa shape index (κ1) is 14.3. The van der Waals surface area contributed by atoms with Gasteiger partial charge in [0.1, 0.15) is 10.8 Å². The monoisotopic (exact) mass is 286 g/mol. The Hall–Kier alpha value is -2.14. The number of anilines is 3. The molecule has 104 valence electrons. The quantitative estimate of drug-likeness (QED) is 0.847. The summed E-state index contributed by atoms with van der Waals surface area (Å²) in [7, 11) is 4.04. The Bertz CT molecular complexity index is 638. The average Bonchev–Trinajstić information content (AvgIpc) is 2.41. The number of nitrogens with one attached hydrogen (secondary N) is 1. The molecule has 0 saturated heterocycles. The van der Waals surface area contributed by atoms with E-state index in [0.29, 0.717) is 10.8 Å². The largest absolute Gasteiger partial charge is 0.389 e. The lowest BCUT2D eigenvalue weighted by atomic mass is 10.1. The van der Waals surface area contributed by atoms with Gasteiger partial charge in [-0.3, -0.25) is 0 Å². The zero-order valence-electron chi connectivity index (χ0n) is 11.8. The first-order chi connectivity index (χ1) is 9.49. The molecule has 4 nitrogen and oxygen atoms in total. The summed E-state index contributed by atoms with van der Waals surface area (Å²) in [6.07, 6.45) is 1.71. The van der Waals surface area contributed by atoms with Gasteiger partial charge in [-0.1, -0.05) is 18.3 Å². The maximum Gasteiger partial charge on any atom is 0.140 e. The van der Waals surface area contributed by atoms with E-state index in [1.54, 1.807) is 6.20 Å². The number of benzene rings is 1. The van der Waals surface area contributed by atoms with Crippen molar-refractivity contribution in [1.29, 1.82) is 0 Å². The fourth-order valence-electron chi connectivity index (χ4n) is 2.01. The van der Waals surface area contributed by atoms with Gasteiger partial charge in [-0.05, 0) is 36.8 Å². The van der Waals surface area contributed by atoms with Crippen molar-refractivity contribution in [1.82, 2.24) is 4.98 Å². The van der Waals surface area contributed by atoms with E-state index in [9.17, 15) is 0 Å². The van der Waals surface area contributed by atoms with E-state index >= 15 is 0 Å². The second-order valence-corrected chi connectivity index (χ2v) is 5.22. The Morgan fingerprint density at radius 3 is 2.70 bits per heavy atom. The fourth-order valence-corrected chi connectivity index (χ4v) is 2.17. The Kier molecular flexibility index (Phi) is 4.20. The highest BCUT2D eigenvalue weighted by Crippen LogP contribution is 2.25. The molecule has 3 N–H and O–H groups in total. The van der Waals surface area contributed by atoms with Crippen LogP contribution in [0.1, 0.15) is 11.1 Å². The van der Waals surface area contributed by atoms with Gasteiger partial charge in [0.25, 0.3) is 0 Å². The summed E-state index contributed by atoms with van der Waals surface area (Å²) in [4.78, 5) is 6.71. The first-order valence-electron chi connectivity index (χ1n) is 6.29. The fraction of sp³-hybridized carbons (Fsp3) is 0.200. The van der Waals surface area contributed by atoms with Gasteiger partial charge in [0, 0.05) is 31.7 Å². The summed E-state index contributed by atoms with van der Waals surface area (Å²) in [6, 6.07) is 9.84. The number of nitrogens with two attached hydrogens (primary N) is 1. The van der Waals surface area contributed by atoms with Crippen molar-refractivity contribution in [3.63, 3.8) is 0 Å². The Labute approximate surface area is 124 Å². The minimum atomic E-state index is 0.334. The standard InChI is InChI=1S/C15H18N4S/c1-10-6-7-11(9-13(10)19(2)3)18-15-12(14(16)20)5-4-8-17-15/h4-9H,1-3H3,(H2,16,20)(H,17,18). The third-order valence-electron chi connectivity index (χ3n) is 3.03. The molecule has 0 amide bonds. The highest BCUT2D eigenvalue weighted by atomic mass is 32.1. The molecule has 0 bridgehead atoms. The smallest absolute Gasteiger partial charge is 0.140 e. The van der Waals surface area contributed by atoms with E-state index in [0.717, 1.165) is 16.9 Å². The SMILES string of the molecule is Cc1ccc(Nc2ncccc2C(N)=S)cc1N(C)C. The van der Waals surface area contributed by atoms with Crippen molar-refractivity contribution in [3.05, 3.63) is 47.7 Å². The Morgan fingerprint density at radius 2 is 2.05 bits per heavy atom. The van der Waals surface area contributed by atoms with Crippen LogP contribution in [0.25, 0.3) is 0 Å². The van der Waals surface area contributed by atoms with Crippen LogP contribution in [0.4, 0.5) is 17.2 Å². The lowest BCUT2D eigenvalue weighted by Gasteiger charge is -2.18. The lowest BCUT2D eigenvalue weighted by Crippen LogP contribution is -2.13. The Balaban J connectivity index is 2.36. The molecule has 1 aromatic carbocycles. The van der Waals surface area contributed by atoms with Gasteiger partial charge >= 0.3 is 0 Å². The lowest BCUT2D eigenvalue weighted by molar-refractivity contribution is 1.11. The molecule has 0 radical (unpaired) electrons. The minimum Gasteiger partial charge on any atom is -0.389 e. The van der Waals surface area contributed by atoms with Crippen LogP contribution < -0.4 is 16.0 Å². The minimum absolute atomic E-state index is 0.334. The molecule has 20 heavy (non-hydrogen) atoms. The molecule has 0 fully saturated rings. The molecule has 1 aromatic heterocycles. The molecule has 0 unspecified atom stereocenters. The predicted octanol–water partition coefficient (Wildman–Crippen LogP) is 2.83. The van der Waals surface area contributed by atoms with Crippen LogP contribution in [-0.4, -0.2) is 24.1 Å². The van der Waals surface area contributed by atoms with Crippen LogP contribution in [0.2, 0.25) is 0 Å². The zero-order valence-corrected chi connectivity index (χ0v) is 12.7. The number of nitrogens with zero attached hydrogens (tertiary/aromatic N) is 2. The summed E-state index contributed by atoms with van der Waals surface area (Å²) in [5.74, 6) is 0.675. The van der Waals surface area contributed by atoms with E-state index in [1.165, 1.54) is 5.56 Å². The van der Waals surface area contributed by atoms with Crippen molar-refractivity contribution in [2.24, 2.45) is 5.73 Å². The van der Waals surface area contributed by atoms with Crippen LogP contribution >= 0.6 is 12.2 Å². The second kappa shape index (κ2) is 5.88. The normalized spacial score (nSPS) is 10.2. The predicted molar refractivity (Wildman–Crippen MR) is 88.9 cm³/mol. The van der Waals surface area contributed by atoms with Crippen molar-refractivity contribution in [2.45, 2.75) is 6.92 Å². The number of hydrogen-bond donors (Lipinski definition) is 2. The van der Waals surface area contributed by atoms with Gasteiger partial charge in [0.15, 0.2) is 0 Å². The van der Waals surface area contributed by atoms with Crippen LogP contribution in [-0.2, 0) is 0 Å². The number of thiocarbonyl (C=S) groups is 1. The summed E-state index contributed by atoms with van der Waals surface area (Å²) >= 11 is 5.04.